The summed E-state index contributed by atoms with van der Waals surface area (Å²) in [6, 6.07) is 8.22. The van der Waals surface area contributed by atoms with Crippen LogP contribution in [0, 0.1) is 12.8 Å². The van der Waals surface area contributed by atoms with Crippen molar-refractivity contribution in [3.8, 4) is 0 Å². The third-order valence-corrected chi connectivity index (χ3v) is 3.86. The third kappa shape index (κ3) is 2.48. The molecule has 1 aromatic carbocycles. The van der Waals surface area contributed by atoms with Crippen molar-refractivity contribution in [2.24, 2.45) is 5.92 Å². The topological polar surface area (TPSA) is 46.9 Å². The van der Waals surface area contributed by atoms with Crippen LogP contribution in [0.1, 0.15) is 25.6 Å². The zero-order valence-corrected chi connectivity index (χ0v) is 11.4. The molecule has 1 aromatic heterocycles. The van der Waals surface area contributed by atoms with Crippen LogP contribution >= 0.6 is 0 Å². The number of carbonyl (C=O) groups excluding carboxylic acids is 1. The van der Waals surface area contributed by atoms with Gasteiger partial charge < -0.3 is 9.88 Å². The van der Waals surface area contributed by atoms with E-state index in [0.29, 0.717) is 18.5 Å². The number of nitrogens with one attached hydrogen (secondary N) is 1. The van der Waals surface area contributed by atoms with Gasteiger partial charge in [0.1, 0.15) is 12.4 Å². The van der Waals surface area contributed by atoms with Gasteiger partial charge in [-0.25, -0.2) is 4.98 Å². The minimum Gasteiger partial charge on any atom is -0.352 e. The van der Waals surface area contributed by atoms with Crippen LogP contribution in [0.5, 0.6) is 0 Å². The van der Waals surface area contributed by atoms with Crippen LogP contribution in [-0.2, 0) is 11.3 Å². The highest BCUT2D eigenvalue weighted by molar-refractivity contribution is 5.81. The van der Waals surface area contributed by atoms with Crippen molar-refractivity contribution < 1.29 is 4.79 Å². The van der Waals surface area contributed by atoms with Crippen molar-refractivity contribution in [2.45, 2.75) is 39.3 Å². The van der Waals surface area contributed by atoms with Gasteiger partial charge in [-0.3, -0.25) is 4.79 Å². The number of aromatic nitrogens is 2. The van der Waals surface area contributed by atoms with Crippen LogP contribution < -0.4 is 5.32 Å². The van der Waals surface area contributed by atoms with Crippen LogP contribution in [-0.4, -0.2) is 21.5 Å². The first-order valence-electron chi connectivity index (χ1n) is 6.86. The number of hydrogen-bond acceptors (Lipinski definition) is 2. The number of carbonyl (C=O) groups is 1. The Morgan fingerprint density at radius 3 is 2.95 bits per heavy atom. The van der Waals surface area contributed by atoms with E-state index in [0.717, 1.165) is 16.9 Å². The van der Waals surface area contributed by atoms with Gasteiger partial charge in [0.25, 0.3) is 0 Å². The fourth-order valence-electron chi connectivity index (χ4n) is 2.55. The molecule has 0 unspecified atom stereocenters. The predicted molar refractivity (Wildman–Crippen MR) is 74.8 cm³/mol. The molecule has 1 aliphatic rings. The second-order valence-electron chi connectivity index (χ2n) is 5.43. The predicted octanol–water partition coefficient (Wildman–Crippen LogP) is 2.26. The van der Waals surface area contributed by atoms with E-state index in [1.54, 1.807) is 0 Å². The van der Waals surface area contributed by atoms with Crippen LogP contribution in [0.2, 0.25) is 0 Å². The van der Waals surface area contributed by atoms with E-state index in [4.69, 9.17) is 0 Å². The van der Waals surface area contributed by atoms with Gasteiger partial charge >= 0.3 is 0 Å². The highest BCUT2D eigenvalue weighted by Gasteiger charge is 2.28. The lowest BCUT2D eigenvalue weighted by molar-refractivity contribution is -0.122. The monoisotopic (exact) mass is 257 g/mol. The van der Waals surface area contributed by atoms with Crippen LogP contribution in [0.15, 0.2) is 24.3 Å². The first-order valence-corrected chi connectivity index (χ1v) is 6.86. The average Bonchev–Trinajstić information content (AvgIpc) is 3.17. The summed E-state index contributed by atoms with van der Waals surface area (Å²) in [6.45, 7) is 4.38. The molecule has 4 heteroatoms. The van der Waals surface area contributed by atoms with Crippen LogP contribution in [0.25, 0.3) is 11.0 Å². The van der Waals surface area contributed by atoms with E-state index >= 15 is 0 Å². The number of fused-ring (bicyclic) bond motifs is 1. The molecule has 100 valence electrons. The molecule has 2 aromatic rings. The standard InChI is InChI=1S/C15H19N3O/c1-10(12-7-8-12)16-15(19)9-18-11(2)17-13-5-3-4-6-14(13)18/h3-6,10,12H,7-9H2,1-2H3,(H,16,19)/t10-/m0/s1. The average molecular weight is 257 g/mol. The van der Waals surface area contributed by atoms with E-state index in [-0.39, 0.29) is 5.91 Å². The second-order valence-corrected chi connectivity index (χ2v) is 5.43. The molecule has 4 nitrogen and oxygen atoms in total. The summed E-state index contributed by atoms with van der Waals surface area (Å²) in [5.74, 6) is 1.64. The first kappa shape index (κ1) is 12.2. The molecular formula is C15H19N3O. The lowest BCUT2D eigenvalue weighted by atomic mass is 10.2. The fourth-order valence-corrected chi connectivity index (χ4v) is 2.55. The molecule has 1 N–H and O–H groups in total. The van der Waals surface area contributed by atoms with Gasteiger partial charge in [-0.15, -0.1) is 0 Å². The minimum absolute atomic E-state index is 0.0747. The van der Waals surface area contributed by atoms with Crippen LogP contribution in [0.3, 0.4) is 0 Å². The van der Waals surface area contributed by atoms with Crippen molar-refractivity contribution in [1.82, 2.24) is 14.9 Å². The number of hydrogen-bond donors (Lipinski definition) is 1. The number of benzene rings is 1. The van der Waals surface area contributed by atoms with Gasteiger partial charge in [0, 0.05) is 6.04 Å². The summed E-state index contributed by atoms with van der Waals surface area (Å²) in [6.07, 6.45) is 2.49. The Labute approximate surface area is 112 Å². The molecular weight excluding hydrogens is 238 g/mol. The maximum absolute atomic E-state index is 12.1. The summed E-state index contributed by atoms with van der Waals surface area (Å²) in [5, 5.41) is 3.08. The van der Waals surface area contributed by atoms with Crippen LogP contribution in [0.4, 0.5) is 0 Å². The maximum Gasteiger partial charge on any atom is 0.240 e. The Kier molecular flexibility index (Phi) is 3.01. The Morgan fingerprint density at radius 1 is 1.47 bits per heavy atom. The number of amides is 1. The van der Waals surface area contributed by atoms with Gasteiger partial charge in [0.05, 0.1) is 11.0 Å². The summed E-state index contributed by atoms with van der Waals surface area (Å²) in [5.41, 5.74) is 1.97. The van der Waals surface area contributed by atoms with Gasteiger partial charge in [0.15, 0.2) is 0 Å². The minimum atomic E-state index is 0.0747. The smallest absolute Gasteiger partial charge is 0.240 e. The zero-order valence-electron chi connectivity index (χ0n) is 11.4. The summed E-state index contributed by atoms with van der Waals surface area (Å²) in [7, 11) is 0. The van der Waals surface area contributed by atoms with E-state index in [9.17, 15) is 4.79 Å². The summed E-state index contributed by atoms with van der Waals surface area (Å²) >= 11 is 0. The highest BCUT2D eigenvalue weighted by Crippen LogP contribution is 2.32. The SMILES string of the molecule is Cc1nc2ccccc2n1CC(=O)N[C@@H](C)C1CC1. The quantitative estimate of drug-likeness (QED) is 0.913. The van der Waals surface area contributed by atoms with Gasteiger partial charge in [0.2, 0.25) is 5.91 Å². The molecule has 0 radical (unpaired) electrons. The number of imidazole rings is 1. The molecule has 1 aliphatic carbocycles. The van der Waals surface area contributed by atoms with Crippen molar-refractivity contribution in [2.75, 3.05) is 0 Å². The van der Waals surface area contributed by atoms with Crippen molar-refractivity contribution in [1.29, 1.82) is 0 Å². The fraction of sp³-hybridized carbons (Fsp3) is 0.467. The molecule has 0 spiro atoms. The molecule has 1 saturated carbocycles. The molecule has 19 heavy (non-hydrogen) atoms. The largest absolute Gasteiger partial charge is 0.352 e. The van der Waals surface area contributed by atoms with Gasteiger partial charge in [-0.05, 0) is 44.7 Å². The van der Waals surface area contributed by atoms with E-state index in [1.165, 1.54) is 12.8 Å². The zero-order chi connectivity index (χ0) is 13.4. The Morgan fingerprint density at radius 2 is 2.21 bits per heavy atom. The van der Waals surface area contributed by atoms with E-state index in [2.05, 4.69) is 17.2 Å². The number of aryl methyl sites for hydroxylation is 1. The van der Waals surface area contributed by atoms with Crippen molar-refractivity contribution in [3.63, 3.8) is 0 Å². The molecule has 1 heterocycles. The maximum atomic E-state index is 12.1. The normalized spacial score (nSPS) is 16.5. The Hall–Kier alpha value is -1.84. The molecule has 0 bridgehead atoms. The molecule has 0 aliphatic heterocycles. The molecule has 1 atom stereocenters. The Bertz CT molecular complexity index is 613. The molecule has 0 saturated heterocycles. The second kappa shape index (κ2) is 4.68. The highest BCUT2D eigenvalue weighted by atomic mass is 16.2. The first-order chi connectivity index (χ1) is 9.15. The number of nitrogens with zero attached hydrogens (tertiary/aromatic N) is 2. The van der Waals surface area contributed by atoms with Crippen molar-refractivity contribution in [3.05, 3.63) is 30.1 Å². The molecule has 1 amide bonds. The number of para-hydroxylation sites is 2. The van der Waals surface area contributed by atoms with Gasteiger partial charge in [-0.2, -0.15) is 0 Å². The number of rotatable bonds is 4. The summed E-state index contributed by atoms with van der Waals surface area (Å²) in [4.78, 5) is 16.6. The summed E-state index contributed by atoms with van der Waals surface area (Å²) < 4.78 is 1.98. The van der Waals surface area contributed by atoms with E-state index in [1.807, 2.05) is 35.8 Å². The molecule has 3 rings (SSSR count). The third-order valence-electron chi connectivity index (χ3n) is 3.86. The van der Waals surface area contributed by atoms with E-state index < -0.39 is 0 Å². The van der Waals surface area contributed by atoms with Crippen molar-refractivity contribution >= 4 is 16.9 Å². The lowest BCUT2D eigenvalue weighted by Crippen LogP contribution is -2.36. The Balaban J connectivity index is 1.76. The molecule has 1 fully saturated rings. The lowest BCUT2D eigenvalue weighted by Gasteiger charge is -2.14. The van der Waals surface area contributed by atoms with Gasteiger partial charge in [-0.1, -0.05) is 12.1 Å².